The molecule has 1 N–H and O–H groups in total. The molecule has 0 spiro atoms. The number of likely N-dealkylation sites (tertiary alicyclic amines) is 1. The van der Waals surface area contributed by atoms with E-state index in [1.807, 2.05) is 11.8 Å². The number of carbonyl (C=O) groups excluding carboxylic acids is 1. The molecular formula is C13H19N3O3S. The highest BCUT2D eigenvalue weighted by Gasteiger charge is 2.21. The fourth-order valence-electron chi connectivity index (χ4n) is 2.29. The Balaban J connectivity index is 1.82. The number of carbonyl (C=O) groups is 1. The summed E-state index contributed by atoms with van der Waals surface area (Å²) in [6.45, 7) is 4.02. The van der Waals surface area contributed by atoms with E-state index >= 15 is 0 Å². The summed E-state index contributed by atoms with van der Waals surface area (Å²) in [7, 11) is 0. The minimum Gasteiger partial charge on any atom is -0.341 e. The van der Waals surface area contributed by atoms with E-state index in [1.54, 1.807) is 6.07 Å². The zero-order valence-electron chi connectivity index (χ0n) is 11.5. The molecule has 2 heterocycles. The van der Waals surface area contributed by atoms with Crippen molar-refractivity contribution >= 4 is 22.2 Å². The molecule has 0 radical (unpaired) electrons. The van der Waals surface area contributed by atoms with Gasteiger partial charge in [-0.1, -0.05) is 11.3 Å². The Morgan fingerprint density at radius 2 is 2.15 bits per heavy atom. The molecule has 0 saturated carbocycles. The van der Waals surface area contributed by atoms with E-state index in [1.165, 1.54) is 12.5 Å². The average molecular weight is 297 g/mol. The lowest BCUT2D eigenvalue weighted by atomic mass is 10.1. The largest absolute Gasteiger partial charge is 0.341 e. The Morgan fingerprint density at radius 1 is 1.45 bits per heavy atom. The number of amides is 1. The standard InChI is InChI=1S/C13H19N3O3S/c1-10(13(17)15-7-3-2-4-8-15)14-9-11-5-6-12(20-11)16(18)19/h5-6,10,14H,2-4,7-9H2,1H3. The van der Waals surface area contributed by atoms with Crippen molar-refractivity contribution in [1.29, 1.82) is 0 Å². The van der Waals surface area contributed by atoms with E-state index < -0.39 is 4.92 Å². The highest BCUT2D eigenvalue weighted by Crippen LogP contribution is 2.23. The molecular weight excluding hydrogens is 278 g/mol. The van der Waals surface area contributed by atoms with Gasteiger partial charge < -0.3 is 10.2 Å². The summed E-state index contributed by atoms with van der Waals surface area (Å²) < 4.78 is 0. The molecule has 110 valence electrons. The number of nitro groups is 1. The SMILES string of the molecule is CC(NCc1ccc([N+](=O)[O-])s1)C(=O)N1CCCCC1. The Hall–Kier alpha value is -1.47. The van der Waals surface area contributed by atoms with Gasteiger partial charge in [0.1, 0.15) is 0 Å². The van der Waals surface area contributed by atoms with Crippen molar-refractivity contribution < 1.29 is 9.72 Å². The molecule has 1 aromatic heterocycles. The molecule has 2 rings (SSSR count). The van der Waals surface area contributed by atoms with E-state index in [2.05, 4.69) is 5.32 Å². The molecule has 1 saturated heterocycles. The van der Waals surface area contributed by atoms with Crippen molar-refractivity contribution in [2.45, 2.75) is 38.8 Å². The third-order valence-corrected chi connectivity index (χ3v) is 4.48. The van der Waals surface area contributed by atoms with E-state index in [0.717, 1.165) is 42.1 Å². The highest BCUT2D eigenvalue weighted by atomic mass is 32.1. The number of nitrogens with one attached hydrogen (secondary N) is 1. The zero-order chi connectivity index (χ0) is 14.5. The second kappa shape index (κ2) is 6.81. The molecule has 20 heavy (non-hydrogen) atoms. The summed E-state index contributed by atoms with van der Waals surface area (Å²) in [5.41, 5.74) is 0. The van der Waals surface area contributed by atoms with Crippen LogP contribution < -0.4 is 5.32 Å². The number of piperidine rings is 1. The van der Waals surface area contributed by atoms with Crippen molar-refractivity contribution in [2.24, 2.45) is 0 Å². The van der Waals surface area contributed by atoms with Crippen LogP contribution in [0.1, 0.15) is 31.1 Å². The van der Waals surface area contributed by atoms with Gasteiger partial charge in [0.2, 0.25) is 5.91 Å². The van der Waals surface area contributed by atoms with Gasteiger partial charge >= 0.3 is 5.00 Å². The number of hydrogen-bond donors (Lipinski definition) is 1. The summed E-state index contributed by atoms with van der Waals surface area (Å²) >= 11 is 1.14. The quantitative estimate of drug-likeness (QED) is 0.667. The summed E-state index contributed by atoms with van der Waals surface area (Å²) in [4.78, 5) is 25.2. The Morgan fingerprint density at radius 3 is 2.75 bits per heavy atom. The van der Waals surface area contributed by atoms with Gasteiger partial charge in [-0.3, -0.25) is 14.9 Å². The van der Waals surface area contributed by atoms with Crippen LogP contribution in [-0.4, -0.2) is 34.9 Å². The first-order valence-corrected chi connectivity index (χ1v) is 7.65. The predicted octanol–water partition coefficient (Wildman–Crippen LogP) is 2.15. The topological polar surface area (TPSA) is 75.5 Å². The minimum absolute atomic E-state index is 0.121. The molecule has 7 heteroatoms. The lowest BCUT2D eigenvalue weighted by molar-refractivity contribution is -0.380. The highest BCUT2D eigenvalue weighted by molar-refractivity contribution is 7.15. The number of rotatable bonds is 5. The van der Waals surface area contributed by atoms with Crippen LogP contribution in [-0.2, 0) is 11.3 Å². The van der Waals surface area contributed by atoms with Crippen LogP contribution in [0.4, 0.5) is 5.00 Å². The first kappa shape index (κ1) is 14.9. The number of thiophene rings is 1. The molecule has 1 aromatic rings. The van der Waals surface area contributed by atoms with Gasteiger partial charge in [-0.15, -0.1) is 0 Å². The molecule has 1 amide bonds. The van der Waals surface area contributed by atoms with Crippen LogP contribution in [0.25, 0.3) is 0 Å². The van der Waals surface area contributed by atoms with Crippen LogP contribution in [0.15, 0.2) is 12.1 Å². The smallest absolute Gasteiger partial charge is 0.324 e. The second-order valence-electron chi connectivity index (χ2n) is 4.99. The Kier molecular flexibility index (Phi) is 5.08. The monoisotopic (exact) mass is 297 g/mol. The maximum absolute atomic E-state index is 12.2. The van der Waals surface area contributed by atoms with Gasteiger partial charge in [0.05, 0.1) is 11.0 Å². The molecule has 1 aliphatic heterocycles. The van der Waals surface area contributed by atoms with E-state index in [4.69, 9.17) is 0 Å². The summed E-state index contributed by atoms with van der Waals surface area (Å²) in [6, 6.07) is 2.97. The van der Waals surface area contributed by atoms with Gasteiger partial charge in [0, 0.05) is 30.6 Å². The molecule has 0 aliphatic carbocycles. The Bertz CT molecular complexity index is 483. The van der Waals surface area contributed by atoms with Crippen molar-refractivity contribution in [3.05, 3.63) is 27.1 Å². The van der Waals surface area contributed by atoms with Gasteiger partial charge in [-0.05, 0) is 32.3 Å². The third-order valence-electron chi connectivity index (χ3n) is 3.45. The zero-order valence-corrected chi connectivity index (χ0v) is 12.3. The Labute approximate surface area is 121 Å². The molecule has 0 aromatic carbocycles. The summed E-state index contributed by atoms with van der Waals surface area (Å²) in [5.74, 6) is 0.121. The van der Waals surface area contributed by atoms with Crippen LogP contribution in [0.3, 0.4) is 0 Å². The van der Waals surface area contributed by atoms with Crippen LogP contribution in [0, 0.1) is 10.1 Å². The van der Waals surface area contributed by atoms with Crippen molar-refractivity contribution in [3.63, 3.8) is 0 Å². The van der Waals surface area contributed by atoms with E-state index in [0.29, 0.717) is 6.54 Å². The van der Waals surface area contributed by atoms with Gasteiger partial charge in [-0.25, -0.2) is 0 Å². The van der Waals surface area contributed by atoms with Crippen molar-refractivity contribution in [2.75, 3.05) is 13.1 Å². The fourth-order valence-corrected chi connectivity index (χ4v) is 3.06. The fraction of sp³-hybridized carbons (Fsp3) is 0.615. The molecule has 0 bridgehead atoms. The molecule has 6 nitrogen and oxygen atoms in total. The number of hydrogen-bond acceptors (Lipinski definition) is 5. The van der Waals surface area contributed by atoms with Gasteiger partial charge in [0.25, 0.3) is 0 Å². The van der Waals surface area contributed by atoms with Gasteiger partial charge in [-0.2, -0.15) is 0 Å². The van der Waals surface area contributed by atoms with Crippen LogP contribution >= 0.6 is 11.3 Å². The van der Waals surface area contributed by atoms with Crippen LogP contribution in [0.2, 0.25) is 0 Å². The minimum atomic E-state index is -0.392. The molecule has 1 atom stereocenters. The molecule has 1 fully saturated rings. The number of nitrogens with zero attached hydrogens (tertiary/aromatic N) is 2. The van der Waals surface area contributed by atoms with E-state index in [-0.39, 0.29) is 17.0 Å². The maximum Gasteiger partial charge on any atom is 0.324 e. The summed E-state index contributed by atoms with van der Waals surface area (Å²) in [6.07, 6.45) is 3.36. The first-order chi connectivity index (χ1) is 9.58. The predicted molar refractivity (Wildman–Crippen MR) is 77.7 cm³/mol. The van der Waals surface area contributed by atoms with E-state index in [9.17, 15) is 14.9 Å². The third kappa shape index (κ3) is 3.77. The molecule has 1 aliphatic rings. The molecule has 1 unspecified atom stereocenters. The summed E-state index contributed by atoms with van der Waals surface area (Å²) in [5, 5.41) is 13.9. The lowest BCUT2D eigenvalue weighted by Gasteiger charge is -2.29. The first-order valence-electron chi connectivity index (χ1n) is 6.83. The maximum atomic E-state index is 12.2. The van der Waals surface area contributed by atoms with Crippen molar-refractivity contribution in [1.82, 2.24) is 10.2 Å². The van der Waals surface area contributed by atoms with Gasteiger partial charge in [0.15, 0.2) is 0 Å². The lowest BCUT2D eigenvalue weighted by Crippen LogP contribution is -2.46. The van der Waals surface area contributed by atoms with Crippen LogP contribution in [0.5, 0.6) is 0 Å². The average Bonchev–Trinajstić information content (AvgIpc) is 2.94. The second-order valence-corrected chi connectivity index (χ2v) is 6.13. The van der Waals surface area contributed by atoms with Crippen molar-refractivity contribution in [3.8, 4) is 0 Å². The normalized spacial score (nSPS) is 16.9.